The van der Waals surface area contributed by atoms with E-state index in [-0.39, 0.29) is 0 Å². The topological polar surface area (TPSA) is 30.5 Å². The van der Waals surface area contributed by atoms with Crippen molar-refractivity contribution in [2.24, 2.45) is 0 Å². The van der Waals surface area contributed by atoms with Gasteiger partial charge in [-0.2, -0.15) is 0 Å². The first-order valence-corrected chi connectivity index (χ1v) is 6.59. The Kier molecular flexibility index (Phi) is 12.9. The third-order valence-corrected chi connectivity index (χ3v) is 2.74. The van der Waals surface area contributed by atoms with Gasteiger partial charge in [-0.15, -0.1) is 0 Å². The normalized spacial score (nSPS) is 12.9. The molecule has 0 rings (SSSR count). The van der Waals surface area contributed by atoms with Crippen LogP contribution in [0.5, 0.6) is 0 Å². The number of hydrogen-bond acceptors (Lipinski definition) is 3. The summed E-state index contributed by atoms with van der Waals surface area (Å²) >= 11 is 0. The molecule has 0 aromatic carbocycles. The van der Waals surface area contributed by atoms with Gasteiger partial charge in [-0.1, -0.05) is 39.0 Å². The Balaban J connectivity index is 3.12. The molecule has 0 radical (unpaired) electrons. The molecule has 0 amide bonds. The molecular formula is C13H29NO2. The van der Waals surface area contributed by atoms with E-state index in [9.17, 15) is 0 Å². The highest BCUT2D eigenvalue weighted by Crippen LogP contribution is 2.04. The smallest absolute Gasteiger partial charge is 0.0642 e. The fourth-order valence-electron chi connectivity index (χ4n) is 1.63. The summed E-state index contributed by atoms with van der Waals surface area (Å²) in [6.45, 7) is 4.59. The average molecular weight is 231 g/mol. The second-order valence-corrected chi connectivity index (χ2v) is 4.28. The second-order valence-electron chi connectivity index (χ2n) is 4.28. The van der Waals surface area contributed by atoms with Gasteiger partial charge in [0, 0.05) is 13.7 Å². The van der Waals surface area contributed by atoms with E-state index >= 15 is 0 Å². The highest BCUT2D eigenvalue weighted by molar-refractivity contribution is 4.61. The SMILES string of the molecule is CCCCCCCCOCC(COC)NC. The van der Waals surface area contributed by atoms with Crippen LogP contribution in [-0.2, 0) is 9.47 Å². The van der Waals surface area contributed by atoms with Crippen LogP contribution in [0.3, 0.4) is 0 Å². The molecule has 1 unspecified atom stereocenters. The predicted molar refractivity (Wildman–Crippen MR) is 68.9 cm³/mol. The minimum atomic E-state index is 0.324. The standard InChI is InChI=1S/C13H29NO2/c1-4-5-6-7-8-9-10-16-12-13(14-2)11-15-3/h13-14H,4-12H2,1-3H3. The zero-order valence-electron chi connectivity index (χ0n) is 11.3. The van der Waals surface area contributed by atoms with Crippen molar-refractivity contribution in [1.29, 1.82) is 0 Å². The molecule has 0 bridgehead atoms. The van der Waals surface area contributed by atoms with Gasteiger partial charge in [-0.25, -0.2) is 0 Å². The lowest BCUT2D eigenvalue weighted by Gasteiger charge is -2.15. The van der Waals surface area contributed by atoms with Crippen molar-refractivity contribution in [1.82, 2.24) is 5.32 Å². The number of hydrogen-bond donors (Lipinski definition) is 1. The Labute approximate surface area is 101 Å². The summed E-state index contributed by atoms with van der Waals surface area (Å²) in [7, 11) is 3.66. The van der Waals surface area contributed by atoms with Crippen molar-refractivity contribution in [3.8, 4) is 0 Å². The van der Waals surface area contributed by atoms with Crippen molar-refractivity contribution in [3.63, 3.8) is 0 Å². The molecule has 0 aromatic rings. The van der Waals surface area contributed by atoms with Crippen molar-refractivity contribution < 1.29 is 9.47 Å². The van der Waals surface area contributed by atoms with Crippen LogP contribution in [0.1, 0.15) is 45.4 Å². The molecule has 98 valence electrons. The molecule has 3 heteroatoms. The zero-order valence-corrected chi connectivity index (χ0v) is 11.3. The van der Waals surface area contributed by atoms with E-state index < -0.39 is 0 Å². The first-order valence-electron chi connectivity index (χ1n) is 6.59. The summed E-state index contributed by atoms with van der Waals surface area (Å²) in [5.41, 5.74) is 0. The Hall–Kier alpha value is -0.120. The molecule has 3 nitrogen and oxygen atoms in total. The van der Waals surface area contributed by atoms with E-state index in [0.717, 1.165) is 13.2 Å². The average Bonchev–Trinajstić information content (AvgIpc) is 2.31. The summed E-state index contributed by atoms with van der Waals surface area (Å²) in [6, 6.07) is 0.324. The fraction of sp³-hybridized carbons (Fsp3) is 1.00. The minimum absolute atomic E-state index is 0.324. The maximum absolute atomic E-state index is 5.60. The van der Waals surface area contributed by atoms with Gasteiger partial charge in [0.1, 0.15) is 0 Å². The first kappa shape index (κ1) is 15.9. The van der Waals surface area contributed by atoms with E-state index in [1.807, 2.05) is 7.05 Å². The highest BCUT2D eigenvalue weighted by Gasteiger charge is 2.04. The highest BCUT2D eigenvalue weighted by atomic mass is 16.5. The van der Waals surface area contributed by atoms with Crippen molar-refractivity contribution in [2.45, 2.75) is 51.5 Å². The monoisotopic (exact) mass is 231 g/mol. The first-order chi connectivity index (χ1) is 7.85. The van der Waals surface area contributed by atoms with Crippen LogP contribution in [0.2, 0.25) is 0 Å². The van der Waals surface area contributed by atoms with Crippen LogP contribution in [0.4, 0.5) is 0 Å². The number of nitrogens with one attached hydrogen (secondary N) is 1. The van der Waals surface area contributed by atoms with Crippen LogP contribution >= 0.6 is 0 Å². The van der Waals surface area contributed by atoms with Gasteiger partial charge < -0.3 is 14.8 Å². The Morgan fingerprint density at radius 3 is 2.31 bits per heavy atom. The number of rotatable bonds is 12. The largest absolute Gasteiger partial charge is 0.383 e. The fourth-order valence-corrected chi connectivity index (χ4v) is 1.63. The molecular weight excluding hydrogens is 202 g/mol. The summed E-state index contributed by atoms with van der Waals surface area (Å²) in [5, 5.41) is 3.17. The summed E-state index contributed by atoms with van der Waals surface area (Å²) in [4.78, 5) is 0. The van der Waals surface area contributed by atoms with Gasteiger partial charge >= 0.3 is 0 Å². The lowest BCUT2D eigenvalue weighted by Crippen LogP contribution is -2.34. The third kappa shape index (κ3) is 10.4. The lowest BCUT2D eigenvalue weighted by molar-refractivity contribution is 0.0749. The molecule has 0 aliphatic rings. The van der Waals surface area contributed by atoms with Crippen molar-refractivity contribution >= 4 is 0 Å². The van der Waals surface area contributed by atoms with E-state index in [2.05, 4.69) is 12.2 Å². The predicted octanol–water partition coefficient (Wildman–Crippen LogP) is 2.60. The summed E-state index contributed by atoms with van der Waals surface area (Å²) in [6.07, 6.45) is 7.90. The van der Waals surface area contributed by atoms with E-state index in [4.69, 9.17) is 9.47 Å². The maximum Gasteiger partial charge on any atom is 0.0642 e. The van der Waals surface area contributed by atoms with E-state index in [0.29, 0.717) is 12.6 Å². The quantitative estimate of drug-likeness (QED) is 0.524. The molecule has 0 fully saturated rings. The van der Waals surface area contributed by atoms with Crippen LogP contribution in [0.25, 0.3) is 0 Å². The number of likely N-dealkylation sites (N-methyl/N-ethyl adjacent to an activating group) is 1. The number of methoxy groups -OCH3 is 1. The van der Waals surface area contributed by atoms with Gasteiger partial charge in [-0.05, 0) is 13.5 Å². The van der Waals surface area contributed by atoms with Crippen molar-refractivity contribution in [2.75, 3.05) is 34.0 Å². The van der Waals surface area contributed by atoms with Crippen LogP contribution in [0, 0.1) is 0 Å². The van der Waals surface area contributed by atoms with Gasteiger partial charge in [0.2, 0.25) is 0 Å². The Bertz CT molecular complexity index is 131. The third-order valence-electron chi connectivity index (χ3n) is 2.74. The van der Waals surface area contributed by atoms with Gasteiger partial charge in [-0.3, -0.25) is 0 Å². The molecule has 0 spiro atoms. The summed E-state index contributed by atoms with van der Waals surface area (Å²) in [5.74, 6) is 0. The molecule has 0 aliphatic heterocycles. The van der Waals surface area contributed by atoms with Gasteiger partial charge in [0.05, 0.1) is 19.3 Å². The molecule has 1 atom stereocenters. The van der Waals surface area contributed by atoms with Gasteiger partial charge in [0.15, 0.2) is 0 Å². The Morgan fingerprint density at radius 2 is 1.69 bits per heavy atom. The molecule has 0 saturated heterocycles. The number of ether oxygens (including phenoxy) is 2. The molecule has 0 heterocycles. The van der Waals surface area contributed by atoms with Crippen molar-refractivity contribution in [3.05, 3.63) is 0 Å². The lowest BCUT2D eigenvalue weighted by atomic mass is 10.1. The molecule has 0 aromatic heterocycles. The zero-order chi connectivity index (χ0) is 12.1. The molecule has 16 heavy (non-hydrogen) atoms. The maximum atomic E-state index is 5.60. The Morgan fingerprint density at radius 1 is 1.00 bits per heavy atom. The number of unbranched alkanes of at least 4 members (excludes halogenated alkanes) is 5. The molecule has 1 N–H and O–H groups in total. The van der Waals surface area contributed by atoms with E-state index in [1.165, 1.54) is 38.5 Å². The minimum Gasteiger partial charge on any atom is -0.383 e. The summed E-state index contributed by atoms with van der Waals surface area (Å²) < 4.78 is 10.7. The molecule has 0 saturated carbocycles. The van der Waals surface area contributed by atoms with E-state index in [1.54, 1.807) is 7.11 Å². The van der Waals surface area contributed by atoms with Crippen LogP contribution in [0.15, 0.2) is 0 Å². The van der Waals surface area contributed by atoms with Crippen LogP contribution < -0.4 is 5.32 Å². The second kappa shape index (κ2) is 12.9. The van der Waals surface area contributed by atoms with Crippen LogP contribution in [-0.4, -0.2) is 40.0 Å². The molecule has 0 aliphatic carbocycles. The van der Waals surface area contributed by atoms with Gasteiger partial charge in [0.25, 0.3) is 0 Å².